The molecule has 0 radical (unpaired) electrons. The van der Waals surface area contributed by atoms with Crippen LogP contribution in [0.5, 0.6) is 0 Å². The van der Waals surface area contributed by atoms with Crippen LogP contribution < -0.4 is 0 Å². The molecule has 2 saturated heterocycles. The van der Waals surface area contributed by atoms with Gasteiger partial charge in [-0.3, -0.25) is 0 Å². The highest BCUT2D eigenvalue weighted by atomic mass is 32.2. The minimum Gasteiger partial charge on any atom is -0.459 e. The molecule has 6 rings (SSSR count). The van der Waals surface area contributed by atoms with Crippen LogP contribution in [0.4, 0.5) is 0 Å². The lowest BCUT2D eigenvalue weighted by molar-refractivity contribution is -0.293. The van der Waals surface area contributed by atoms with Crippen LogP contribution in [0.3, 0.4) is 0 Å². The third-order valence-corrected chi connectivity index (χ3v) is 10.4. The molecule has 4 aromatic carbocycles. The Hall–Kier alpha value is -5.09. The summed E-state index contributed by atoms with van der Waals surface area (Å²) in [4.78, 5) is 53.3. The maximum absolute atomic E-state index is 13.6. The average molecular weight is 801 g/mol. The van der Waals surface area contributed by atoms with Gasteiger partial charge in [0.2, 0.25) is 0 Å². The zero-order chi connectivity index (χ0) is 40.5. The van der Waals surface area contributed by atoms with E-state index < -0.39 is 84.9 Å². The second-order valence-electron chi connectivity index (χ2n) is 14.3. The van der Waals surface area contributed by atoms with E-state index in [1.807, 2.05) is 20.8 Å². The highest BCUT2D eigenvalue weighted by Crippen LogP contribution is 2.40. The lowest BCUT2D eigenvalue weighted by atomic mass is 9.97. The molecule has 2 aliphatic heterocycles. The van der Waals surface area contributed by atoms with Gasteiger partial charge in [0.1, 0.15) is 24.9 Å². The molecule has 4 aromatic rings. The third-order valence-electron chi connectivity index (χ3n) is 8.96. The number of aliphatic hydroxyl groups excluding tert-OH is 2. The number of esters is 4. The zero-order valence-electron chi connectivity index (χ0n) is 31.5. The lowest BCUT2D eigenvalue weighted by Gasteiger charge is -2.43. The number of rotatable bonds is 13. The van der Waals surface area contributed by atoms with E-state index in [1.54, 1.807) is 84.9 Å². The largest absolute Gasteiger partial charge is 0.459 e. The van der Waals surface area contributed by atoms with Crippen molar-refractivity contribution < 1.29 is 62.5 Å². The molecule has 0 aliphatic carbocycles. The van der Waals surface area contributed by atoms with E-state index in [1.165, 1.54) is 48.2 Å². The Kier molecular flexibility index (Phi) is 13.8. The van der Waals surface area contributed by atoms with Crippen LogP contribution >= 0.6 is 11.8 Å². The van der Waals surface area contributed by atoms with Crippen LogP contribution in [0, 0.1) is 0 Å². The Balaban J connectivity index is 1.28. The first kappa shape index (κ1) is 41.5. The van der Waals surface area contributed by atoms with Gasteiger partial charge in [-0.05, 0) is 48.5 Å². The molecule has 2 aliphatic rings. The Bertz CT molecular complexity index is 1940. The summed E-state index contributed by atoms with van der Waals surface area (Å²) >= 11 is 1.38. The van der Waals surface area contributed by atoms with E-state index in [0.717, 1.165) is 0 Å². The van der Waals surface area contributed by atoms with Crippen molar-refractivity contribution in [2.45, 2.75) is 80.0 Å². The molecule has 0 spiro atoms. The van der Waals surface area contributed by atoms with Crippen molar-refractivity contribution >= 4 is 35.6 Å². The summed E-state index contributed by atoms with van der Waals surface area (Å²) in [5.41, 5.74) is 0.773. The molecule has 2 N–H and O–H groups in total. The van der Waals surface area contributed by atoms with Crippen molar-refractivity contribution in [3.8, 4) is 0 Å². The molecular weight excluding hydrogens is 757 g/mol. The van der Waals surface area contributed by atoms with E-state index in [4.69, 9.17) is 33.2 Å². The quantitative estimate of drug-likeness (QED) is 0.133. The number of benzene rings is 4. The second-order valence-corrected chi connectivity index (χ2v) is 16.3. The third kappa shape index (κ3) is 10.9. The van der Waals surface area contributed by atoms with Gasteiger partial charge in [0.25, 0.3) is 0 Å². The molecule has 0 amide bonds. The van der Waals surface area contributed by atoms with Crippen molar-refractivity contribution in [2.24, 2.45) is 0 Å². The van der Waals surface area contributed by atoms with Crippen LogP contribution in [0.2, 0.25) is 0 Å². The first-order valence-corrected chi connectivity index (χ1v) is 19.2. The molecule has 0 unspecified atom stereocenters. The van der Waals surface area contributed by atoms with Crippen molar-refractivity contribution in [1.82, 2.24) is 0 Å². The summed E-state index contributed by atoms with van der Waals surface area (Å²) in [6, 6.07) is 32.4. The van der Waals surface area contributed by atoms with Gasteiger partial charge in [-0.2, -0.15) is 0 Å². The first-order chi connectivity index (χ1) is 27.4. The average Bonchev–Trinajstić information content (AvgIpc) is 3.51. The molecule has 13 nitrogen and oxygen atoms in total. The highest BCUT2D eigenvalue weighted by molar-refractivity contribution is 8.01. The van der Waals surface area contributed by atoms with Crippen LogP contribution in [0.15, 0.2) is 121 Å². The number of aliphatic hydroxyl groups is 2. The van der Waals surface area contributed by atoms with Crippen LogP contribution in [0.1, 0.15) is 62.2 Å². The van der Waals surface area contributed by atoms with E-state index in [2.05, 4.69) is 0 Å². The Morgan fingerprint density at radius 1 is 0.561 bits per heavy atom. The first-order valence-electron chi connectivity index (χ1n) is 18.3. The smallest absolute Gasteiger partial charge is 0.338 e. The van der Waals surface area contributed by atoms with Gasteiger partial charge < -0.3 is 43.4 Å². The predicted molar refractivity (Wildman–Crippen MR) is 206 cm³/mol. The molecule has 0 aromatic heterocycles. The van der Waals surface area contributed by atoms with Crippen molar-refractivity contribution in [3.63, 3.8) is 0 Å². The number of hydrogen-bond acceptors (Lipinski definition) is 14. The summed E-state index contributed by atoms with van der Waals surface area (Å²) in [6.45, 7) is 5.14. The molecule has 0 saturated carbocycles. The summed E-state index contributed by atoms with van der Waals surface area (Å²) in [7, 11) is 0. The summed E-state index contributed by atoms with van der Waals surface area (Å²) in [5, 5.41) is 22.2. The molecule has 2 fully saturated rings. The van der Waals surface area contributed by atoms with Crippen molar-refractivity contribution in [1.29, 1.82) is 0 Å². The van der Waals surface area contributed by atoms with E-state index in [0.29, 0.717) is 5.56 Å². The monoisotopic (exact) mass is 800 g/mol. The minimum atomic E-state index is -1.90. The summed E-state index contributed by atoms with van der Waals surface area (Å²) in [6.07, 6.45) is -11.3. The molecule has 0 bridgehead atoms. The van der Waals surface area contributed by atoms with Crippen LogP contribution in [0.25, 0.3) is 0 Å². The minimum absolute atomic E-state index is 0.141. The molecule has 14 heteroatoms. The fourth-order valence-electron chi connectivity index (χ4n) is 6.24. The SMILES string of the molecule is CC(C)(C)S[C@H]1[C@H](OC[C@H]2O[C@H](O)[C@@H](OC(=O)c3ccccc3)[C@@H](OC(=O)c3ccccc3)[C@@H]2OC(=O)c2ccccc2)O[C@H](COC(=O)c2ccccc2)[C@@H]1O. The van der Waals surface area contributed by atoms with Crippen molar-refractivity contribution in [3.05, 3.63) is 144 Å². The van der Waals surface area contributed by atoms with Crippen LogP contribution in [-0.4, -0.2) is 107 Å². The van der Waals surface area contributed by atoms with Gasteiger partial charge in [0.15, 0.2) is 30.9 Å². The Morgan fingerprint density at radius 3 is 1.44 bits per heavy atom. The lowest BCUT2D eigenvalue weighted by Crippen LogP contribution is -2.62. The second kappa shape index (κ2) is 18.9. The Morgan fingerprint density at radius 2 is 0.982 bits per heavy atom. The van der Waals surface area contributed by atoms with E-state index in [-0.39, 0.29) is 28.0 Å². The maximum atomic E-state index is 13.6. The highest BCUT2D eigenvalue weighted by Gasteiger charge is 2.54. The standard InChI is InChI=1S/C43H44O13S/c1-43(2,3)57-36-32(44)30(24-50-37(45)26-16-8-4-9-17-26)53-42(36)51-25-31-33(54-38(46)27-18-10-5-11-19-27)34(55-39(47)28-20-12-6-13-21-28)35(41(49)52-31)56-40(48)29-22-14-7-15-23-29/h4-23,30-36,41-42,44,49H,24-25H2,1-3H3/t30-,31-,32+,33-,34+,35+,36-,41+,42-/m1/s1. The zero-order valence-corrected chi connectivity index (χ0v) is 32.3. The van der Waals surface area contributed by atoms with Gasteiger partial charge in [0, 0.05) is 4.75 Å². The van der Waals surface area contributed by atoms with Gasteiger partial charge in [-0.15, -0.1) is 11.8 Å². The molecule has 9 atom stereocenters. The number of hydrogen-bond donors (Lipinski definition) is 2. The molecule has 300 valence electrons. The fraction of sp³-hybridized carbons (Fsp3) is 0.349. The predicted octanol–water partition coefficient (Wildman–Crippen LogP) is 5.24. The molecule has 2 heterocycles. The number of carbonyl (C=O) groups is 4. The van der Waals surface area contributed by atoms with Gasteiger partial charge in [-0.25, -0.2) is 19.2 Å². The van der Waals surface area contributed by atoms with Gasteiger partial charge >= 0.3 is 23.9 Å². The number of thioether (sulfide) groups is 1. The number of ether oxygens (including phenoxy) is 7. The molecular formula is C43H44O13S. The normalized spacial score (nSPS) is 25.9. The van der Waals surface area contributed by atoms with Crippen molar-refractivity contribution in [2.75, 3.05) is 13.2 Å². The van der Waals surface area contributed by atoms with E-state index >= 15 is 0 Å². The summed E-state index contributed by atoms with van der Waals surface area (Å²) in [5.74, 6) is -3.13. The van der Waals surface area contributed by atoms with Gasteiger partial charge in [0.05, 0.1) is 34.1 Å². The topological polar surface area (TPSA) is 173 Å². The number of carbonyl (C=O) groups excluding carboxylic acids is 4. The summed E-state index contributed by atoms with van der Waals surface area (Å²) < 4.78 is 41.2. The van der Waals surface area contributed by atoms with Crippen LogP contribution in [-0.2, 0) is 33.2 Å². The molecule has 57 heavy (non-hydrogen) atoms. The van der Waals surface area contributed by atoms with E-state index in [9.17, 15) is 29.4 Å². The maximum Gasteiger partial charge on any atom is 0.338 e. The fourth-order valence-corrected chi connectivity index (χ4v) is 7.63. The van der Waals surface area contributed by atoms with Gasteiger partial charge in [-0.1, -0.05) is 93.6 Å². The Labute approximate surface area is 334 Å².